The number of carbonyl (C=O) groups is 1. The number of anilines is 1. The molecule has 136 valence electrons. The summed E-state index contributed by atoms with van der Waals surface area (Å²) in [6.45, 7) is 0. The third-order valence-electron chi connectivity index (χ3n) is 4.56. The van der Waals surface area contributed by atoms with Crippen molar-refractivity contribution in [2.24, 2.45) is 0 Å². The van der Waals surface area contributed by atoms with Crippen molar-refractivity contribution in [2.45, 2.75) is 0 Å². The lowest BCUT2D eigenvalue weighted by atomic mass is 9.99. The van der Waals surface area contributed by atoms with Crippen LogP contribution in [0.1, 0.15) is 10.4 Å². The molecule has 28 heavy (non-hydrogen) atoms. The SMILES string of the molecule is O=C(Nc1ccc(-c2cccc(-c3ccccc3)c2)cc1)c1ccccc1Cl. The normalized spacial score (nSPS) is 10.5. The summed E-state index contributed by atoms with van der Waals surface area (Å²) in [4.78, 5) is 12.4. The molecule has 0 aromatic heterocycles. The molecule has 0 aliphatic carbocycles. The summed E-state index contributed by atoms with van der Waals surface area (Å²) in [7, 11) is 0. The van der Waals surface area contributed by atoms with E-state index in [2.05, 4.69) is 41.7 Å². The zero-order valence-electron chi connectivity index (χ0n) is 15.1. The van der Waals surface area contributed by atoms with E-state index in [1.165, 1.54) is 11.1 Å². The minimum atomic E-state index is -0.218. The first-order chi connectivity index (χ1) is 13.7. The molecule has 0 bridgehead atoms. The Bertz CT molecular complexity index is 1100. The van der Waals surface area contributed by atoms with Crippen molar-refractivity contribution in [1.29, 1.82) is 0 Å². The summed E-state index contributed by atoms with van der Waals surface area (Å²) in [5.41, 5.74) is 5.78. The van der Waals surface area contributed by atoms with E-state index in [0.717, 1.165) is 16.8 Å². The number of halogens is 1. The number of amides is 1. The Labute approximate surface area is 169 Å². The molecular formula is C25H18ClNO. The van der Waals surface area contributed by atoms with Gasteiger partial charge in [0.05, 0.1) is 10.6 Å². The highest BCUT2D eigenvalue weighted by Gasteiger charge is 2.10. The summed E-state index contributed by atoms with van der Waals surface area (Å²) >= 11 is 6.10. The summed E-state index contributed by atoms with van der Waals surface area (Å²) in [6.07, 6.45) is 0. The number of carbonyl (C=O) groups excluding carboxylic acids is 1. The van der Waals surface area contributed by atoms with E-state index in [1.54, 1.807) is 24.3 Å². The van der Waals surface area contributed by atoms with E-state index in [4.69, 9.17) is 11.6 Å². The van der Waals surface area contributed by atoms with Crippen LogP contribution in [0, 0.1) is 0 Å². The summed E-state index contributed by atoms with van der Waals surface area (Å²) < 4.78 is 0. The Morgan fingerprint density at radius 2 is 1.18 bits per heavy atom. The largest absolute Gasteiger partial charge is 0.322 e. The van der Waals surface area contributed by atoms with Crippen molar-refractivity contribution in [3.05, 3.63) is 114 Å². The van der Waals surface area contributed by atoms with Gasteiger partial charge in [-0.2, -0.15) is 0 Å². The molecule has 4 aromatic carbocycles. The fourth-order valence-corrected chi connectivity index (χ4v) is 3.32. The standard InChI is InChI=1S/C25H18ClNO/c26-24-12-5-4-11-23(24)25(28)27-22-15-13-19(14-16-22)21-10-6-9-20(17-21)18-7-2-1-3-8-18/h1-17H,(H,27,28). The second-order valence-corrected chi connectivity index (χ2v) is 6.87. The first-order valence-electron chi connectivity index (χ1n) is 9.02. The molecule has 0 heterocycles. The summed E-state index contributed by atoms with van der Waals surface area (Å²) in [6, 6.07) is 33.6. The first-order valence-corrected chi connectivity index (χ1v) is 9.40. The predicted molar refractivity (Wildman–Crippen MR) is 117 cm³/mol. The molecule has 0 spiro atoms. The third kappa shape index (κ3) is 3.98. The Morgan fingerprint density at radius 3 is 1.86 bits per heavy atom. The molecule has 0 saturated heterocycles. The Hall–Kier alpha value is -3.36. The van der Waals surface area contributed by atoms with Crippen molar-refractivity contribution < 1.29 is 4.79 Å². The van der Waals surface area contributed by atoms with Crippen LogP contribution in [0.2, 0.25) is 5.02 Å². The highest BCUT2D eigenvalue weighted by atomic mass is 35.5. The molecule has 1 N–H and O–H groups in total. The zero-order chi connectivity index (χ0) is 19.3. The number of hydrogen-bond acceptors (Lipinski definition) is 1. The van der Waals surface area contributed by atoms with Crippen LogP contribution < -0.4 is 5.32 Å². The fraction of sp³-hybridized carbons (Fsp3) is 0. The van der Waals surface area contributed by atoms with Gasteiger partial charge in [0.2, 0.25) is 0 Å². The number of nitrogens with one attached hydrogen (secondary N) is 1. The zero-order valence-corrected chi connectivity index (χ0v) is 15.9. The minimum absolute atomic E-state index is 0.218. The van der Waals surface area contributed by atoms with Gasteiger partial charge in [-0.05, 0) is 52.6 Å². The third-order valence-corrected chi connectivity index (χ3v) is 4.89. The van der Waals surface area contributed by atoms with Gasteiger partial charge in [-0.25, -0.2) is 0 Å². The molecule has 0 unspecified atom stereocenters. The lowest BCUT2D eigenvalue weighted by Crippen LogP contribution is -2.12. The molecular weight excluding hydrogens is 366 g/mol. The highest BCUT2D eigenvalue weighted by molar-refractivity contribution is 6.34. The van der Waals surface area contributed by atoms with Crippen LogP contribution in [0.15, 0.2) is 103 Å². The van der Waals surface area contributed by atoms with Crippen LogP contribution >= 0.6 is 11.6 Å². The van der Waals surface area contributed by atoms with Crippen LogP contribution in [0.3, 0.4) is 0 Å². The van der Waals surface area contributed by atoms with Gasteiger partial charge in [0.1, 0.15) is 0 Å². The lowest BCUT2D eigenvalue weighted by Gasteiger charge is -2.09. The molecule has 0 aliphatic heterocycles. The average Bonchev–Trinajstić information content (AvgIpc) is 2.75. The smallest absolute Gasteiger partial charge is 0.257 e. The number of rotatable bonds is 4. The molecule has 4 aromatic rings. The maximum Gasteiger partial charge on any atom is 0.257 e. The van der Waals surface area contributed by atoms with Crippen LogP contribution in [0.4, 0.5) is 5.69 Å². The second-order valence-electron chi connectivity index (χ2n) is 6.46. The van der Waals surface area contributed by atoms with E-state index in [1.807, 2.05) is 42.5 Å². The fourth-order valence-electron chi connectivity index (χ4n) is 3.10. The lowest BCUT2D eigenvalue weighted by molar-refractivity contribution is 0.102. The van der Waals surface area contributed by atoms with Crippen molar-refractivity contribution in [3.8, 4) is 22.3 Å². The molecule has 0 saturated carbocycles. The van der Waals surface area contributed by atoms with Crippen molar-refractivity contribution in [1.82, 2.24) is 0 Å². The topological polar surface area (TPSA) is 29.1 Å². The van der Waals surface area contributed by atoms with Crippen LogP contribution in [0.25, 0.3) is 22.3 Å². The van der Waals surface area contributed by atoms with Gasteiger partial charge in [0.25, 0.3) is 5.91 Å². The Balaban J connectivity index is 1.54. The average molecular weight is 384 g/mol. The molecule has 0 atom stereocenters. The maximum absolute atomic E-state index is 12.4. The molecule has 0 aliphatic rings. The van der Waals surface area contributed by atoms with Gasteiger partial charge in [0.15, 0.2) is 0 Å². The van der Waals surface area contributed by atoms with Gasteiger partial charge >= 0.3 is 0 Å². The van der Waals surface area contributed by atoms with Gasteiger partial charge in [0, 0.05) is 5.69 Å². The molecule has 4 rings (SSSR count). The van der Waals surface area contributed by atoms with Gasteiger partial charge in [-0.15, -0.1) is 0 Å². The van der Waals surface area contributed by atoms with E-state index >= 15 is 0 Å². The van der Waals surface area contributed by atoms with E-state index in [9.17, 15) is 4.79 Å². The van der Waals surface area contributed by atoms with Crippen molar-refractivity contribution in [3.63, 3.8) is 0 Å². The van der Waals surface area contributed by atoms with Crippen LogP contribution in [-0.2, 0) is 0 Å². The molecule has 1 amide bonds. The minimum Gasteiger partial charge on any atom is -0.322 e. The molecule has 0 fully saturated rings. The van der Waals surface area contributed by atoms with Crippen LogP contribution in [0.5, 0.6) is 0 Å². The number of benzene rings is 4. The first kappa shape index (κ1) is 18.0. The summed E-state index contributed by atoms with van der Waals surface area (Å²) in [5.74, 6) is -0.218. The predicted octanol–water partition coefficient (Wildman–Crippen LogP) is 6.93. The van der Waals surface area contributed by atoms with Crippen molar-refractivity contribution in [2.75, 3.05) is 5.32 Å². The molecule has 2 nitrogen and oxygen atoms in total. The quantitative estimate of drug-likeness (QED) is 0.407. The maximum atomic E-state index is 12.4. The Morgan fingerprint density at radius 1 is 0.607 bits per heavy atom. The second kappa shape index (κ2) is 8.12. The molecule has 0 radical (unpaired) electrons. The van der Waals surface area contributed by atoms with Crippen LogP contribution in [-0.4, -0.2) is 5.91 Å². The van der Waals surface area contributed by atoms with Gasteiger partial charge in [-0.1, -0.05) is 84.4 Å². The molecule has 3 heteroatoms. The monoisotopic (exact) mass is 383 g/mol. The number of hydrogen-bond donors (Lipinski definition) is 1. The van der Waals surface area contributed by atoms with Crippen molar-refractivity contribution >= 4 is 23.2 Å². The summed E-state index contributed by atoms with van der Waals surface area (Å²) in [5, 5.41) is 3.33. The highest BCUT2D eigenvalue weighted by Crippen LogP contribution is 2.27. The van der Waals surface area contributed by atoms with E-state index in [-0.39, 0.29) is 5.91 Å². The van der Waals surface area contributed by atoms with E-state index < -0.39 is 0 Å². The van der Waals surface area contributed by atoms with E-state index in [0.29, 0.717) is 10.6 Å². The van der Waals surface area contributed by atoms with Gasteiger partial charge in [-0.3, -0.25) is 4.79 Å². The van der Waals surface area contributed by atoms with Gasteiger partial charge < -0.3 is 5.32 Å². The Kier molecular flexibility index (Phi) is 5.22.